The number of halogens is 3. The maximum absolute atomic E-state index is 13.4. The van der Waals surface area contributed by atoms with Gasteiger partial charge in [0.05, 0.1) is 0 Å². The molecule has 0 aromatic heterocycles. The monoisotopic (exact) mass is 476 g/mol. The molecule has 33 heavy (non-hydrogen) atoms. The van der Waals surface area contributed by atoms with Crippen molar-refractivity contribution >= 4 is 18.3 Å². The fourth-order valence-electron chi connectivity index (χ4n) is 5.23. The first kappa shape index (κ1) is 25.6. The summed E-state index contributed by atoms with van der Waals surface area (Å²) in [6, 6.07) is 13.3. The first-order valence-electron chi connectivity index (χ1n) is 12.1. The molecule has 1 aliphatic carbocycles. The highest BCUT2D eigenvalue weighted by atomic mass is 35.5. The Kier molecular flexibility index (Phi) is 9.69. The third-order valence-electron chi connectivity index (χ3n) is 7.15. The Morgan fingerprint density at radius 2 is 1.33 bits per heavy atom. The minimum Gasteiger partial charge on any atom is -0.340 e. The molecular weight excluding hydrogens is 442 g/mol. The molecule has 4 rings (SSSR count). The standard InChI is InChI=1S/C27H34F2N2O.ClH/c28-24-12-8-21(9-13-24)26(22-10-14-25(29)15-11-22)7-4-16-30-17-19-31(20-18-30)27(32)23-5-2-1-3-6-23;/h8-15,23,26H,1-7,16-20H2;1H. The summed E-state index contributed by atoms with van der Waals surface area (Å²) in [5, 5.41) is 0. The van der Waals surface area contributed by atoms with Crippen LogP contribution in [0.3, 0.4) is 0 Å². The molecular formula is C27H35ClF2N2O. The number of hydrogen-bond acceptors (Lipinski definition) is 2. The second kappa shape index (κ2) is 12.5. The zero-order chi connectivity index (χ0) is 22.3. The average Bonchev–Trinajstić information content (AvgIpc) is 2.84. The lowest BCUT2D eigenvalue weighted by molar-refractivity contribution is -0.138. The molecule has 0 radical (unpaired) electrons. The van der Waals surface area contributed by atoms with E-state index in [-0.39, 0.29) is 35.9 Å². The van der Waals surface area contributed by atoms with Crippen molar-refractivity contribution in [3.8, 4) is 0 Å². The predicted octanol–water partition coefficient (Wildman–Crippen LogP) is 6.02. The number of piperazine rings is 1. The fraction of sp³-hybridized carbons (Fsp3) is 0.519. The minimum atomic E-state index is -0.243. The molecule has 0 atom stereocenters. The van der Waals surface area contributed by atoms with Gasteiger partial charge in [-0.1, -0.05) is 43.5 Å². The zero-order valence-electron chi connectivity index (χ0n) is 19.2. The summed E-state index contributed by atoms with van der Waals surface area (Å²) in [5.74, 6) is 0.254. The Labute approximate surface area is 202 Å². The Bertz CT molecular complexity index is 815. The van der Waals surface area contributed by atoms with Gasteiger partial charge in [0, 0.05) is 38.0 Å². The molecule has 0 N–H and O–H groups in total. The smallest absolute Gasteiger partial charge is 0.225 e. The van der Waals surface area contributed by atoms with Crippen molar-refractivity contribution < 1.29 is 13.6 Å². The summed E-state index contributed by atoms with van der Waals surface area (Å²) in [6.45, 7) is 4.49. The van der Waals surface area contributed by atoms with Crippen molar-refractivity contribution in [3.63, 3.8) is 0 Å². The molecule has 180 valence electrons. The molecule has 6 heteroatoms. The third-order valence-corrected chi connectivity index (χ3v) is 7.15. The maximum Gasteiger partial charge on any atom is 0.225 e. The van der Waals surface area contributed by atoms with Gasteiger partial charge in [-0.15, -0.1) is 12.4 Å². The minimum absolute atomic E-state index is 0. The summed E-state index contributed by atoms with van der Waals surface area (Å²) in [7, 11) is 0. The van der Waals surface area contributed by atoms with Crippen molar-refractivity contribution in [2.75, 3.05) is 32.7 Å². The molecule has 1 saturated carbocycles. The molecule has 0 spiro atoms. The van der Waals surface area contributed by atoms with Crippen LogP contribution in [0.2, 0.25) is 0 Å². The van der Waals surface area contributed by atoms with Gasteiger partial charge in [0.2, 0.25) is 5.91 Å². The van der Waals surface area contributed by atoms with Gasteiger partial charge in [0.15, 0.2) is 0 Å². The molecule has 1 aliphatic heterocycles. The van der Waals surface area contributed by atoms with Gasteiger partial charge < -0.3 is 4.90 Å². The highest BCUT2D eigenvalue weighted by Gasteiger charge is 2.28. The third kappa shape index (κ3) is 7.00. The van der Waals surface area contributed by atoms with Crippen LogP contribution in [0.5, 0.6) is 0 Å². The summed E-state index contributed by atoms with van der Waals surface area (Å²) in [5.41, 5.74) is 2.11. The highest BCUT2D eigenvalue weighted by molar-refractivity contribution is 5.85. The van der Waals surface area contributed by atoms with E-state index in [1.807, 2.05) is 24.3 Å². The van der Waals surface area contributed by atoms with E-state index in [2.05, 4.69) is 9.80 Å². The van der Waals surface area contributed by atoms with Crippen LogP contribution < -0.4 is 0 Å². The van der Waals surface area contributed by atoms with Crippen molar-refractivity contribution in [3.05, 3.63) is 71.3 Å². The number of benzene rings is 2. The topological polar surface area (TPSA) is 23.6 Å². The van der Waals surface area contributed by atoms with Crippen LogP contribution in [0.4, 0.5) is 8.78 Å². The van der Waals surface area contributed by atoms with Crippen LogP contribution in [0.1, 0.15) is 62.0 Å². The summed E-state index contributed by atoms with van der Waals surface area (Å²) >= 11 is 0. The van der Waals surface area contributed by atoms with E-state index in [0.717, 1.165) is 69.5 Å². The van der Waals surface area contributed by atoms with E-state index in [9.17, 15) is 13.6 Å². The van der Waals surface area contributed by atoms with E-state index in [1.54, 1.807) is 0 Å². The molecule has 2 fully saturated rings. The van der Waals surface area contributed by atoms with E-state index < -0.39 is 0 Å². The van der Waals surface area contributed by atoms with Gasteiger partial charge in [-0.05, 0) is 67.6 Å². The van der Waals surface area contributed by atoms with Gasteiger partial charge >= 0.3 is 0 Å². The molecule has 2 aromatic rings. The number of amides is 1. The zero-order valence-corrected chi connectivity index (χ0v) is 20.0. The van der Waals surface area contributed by atoms with Gasteiger partial charge in [-0.25, -0.2) is 8.78 Å². The second-order valence-electron chi connectivity index (χ2n) is 9.30. The highest BCUT2D eigenvalue weighted by Crippen LogP contribution is 2.30. The lowest BCUT2D eigenvalue weighted by Crippen LogP contribution is -2.50. The SMILES string of the molecule is Cl.O=C(C1CCCCC1)N1CCN(CCCC(c2ccc(F)cc2)c2ccc(F)cc2)CC1. The van der Waals surface area contributed by atoms with Crippen molar-refractivity contribution in [1.82, 2.24) is 9.80 Å². The van der Waals surface area contributed by atoms with Gasteiger partial charge in [0.1, 0.15) is 11.6 Å². The van der Waals surface area contributed by atoms with E-state index in [4.69, 9.17) is 0 Å². The molecule has 2 aromatic carbocycles. The molecule has 3 nitrogen and oxygen atoms in total. The number of carbonyl (C=O) groups excluding carboxylic acids is 1. The van der Waals surface area contributed by atoms with E-state index in [0.29, 0.717) is 5.91 Å². The Balaban J connectivity index is 0.00000306. The Morgan fingerprint density at radius 3 is 1.85 bits per heavy atom. The average molecular weight is 477 g/mol. The lowest BCUT2D eigenvalue weighted by Gasteiger charge is -2.37. The van der Waals surface area contributed by atoms with Crippen molar-refractivity contribution in [2.45, 2.75) is 50.9 Å². The Morgan fingerprint density at radius 1 is 0.818 bits per heavy atom. The molecule has 2 aliphatic rings. The summed E-state index contributed by atoms with van der Waals surface area (Å²) in [4.78, 5) is 17.3. The van der Waals surface area contributed by atoms with Crippen molar-refractivity contribution in [2.24, 2.45) is 5.92 Å². The number of nitrogens with zero attached hydrogens (tertiary/aromatic N) is 2. The summed E-state index contributed by atoms with van der Waals surface area (Å²) in [6.07, 6.45) is 7.70. The Hall–Kier alpha value is -1.98. The van der Waals surface area contributed by atoms with Gasteiger partial charge in [0.25, 0.3) is 0 Å². The molecule has 1 amide bonds. The predicted molar refractivity (Wildman–Crippen MR) is 131 cm³/mol. The molecule has 1 heterocycles. The van der Waals surface area contributed by atoms with Crippen LogP contribution >= 0.6 is 12.4 Å². The van der Waals surface area contributed by atoms with Gasteiger partial charge in [-0.3, -0.25) is 9.69 Å². The normalized spacial score (nSPS) is 17.7. The van der Waals surface area contributed by atoms with Crippen LogP contribution in [0.15, 0.2) is 48.5 Å². The maximum atomic E-state index is 13.4. The quantitative estimate of drug-likeness (QED) is 0.487. The van der Waals surface area contributed by atoms with Crippen LogP contribution in [0.25, 0.3) is 0 Å². The molecule has 0 bridgehead atoms. The fourth-order valence-corrected chi connectivity index (χ4v) is 5.23. The molecule has 0 unspecified atom stereocenters. The summed E-state index contributed by atoms with van der Waals surface area (Å²) < 4.78 is 26.8. The first-order valence-corrected chi connectivity index (χ1v) is 12.1. The van der Waals surface area contributed by atoms with Crippen LogP contribution in [0, 0.1) is 17.6 Å². The van der Waals surface area contributed by atoms with Gasteiger partial charge in [-0.2, -0.15) is 0 Å². The first-order chi connectivity index (χ1) is 15.6. The van der Waals surface area contributed by atoms with E-state index >= 15 is 0 Å². The number of hydrogen-bond donors (Lipinski definition) is 0. The van der Waals surface area contributed by atoms with E-state index in [1.165, 1.54) is 43.5 Å². The second-order valence-corrected chi connectivity index (χ2v) is 9.30. The van der Waals surface area contributed by atoms with Crippen LogP contribution in [-0.2, 0) is 4.79 Å². The molecule has 1 saturated heterocycles. The number of carbonyl (C=O) groups is 1. The van der Waals surface area contributed by atoms with Crippen LogP contribution in [-0.4, -0.2) is 48.4 Å². The largest absolute Gasteiger partial charge is 0.340 e. The van der Waals surface area contributed by atoms with Crippen molar-refractivity contribution in [1.29, 1.82) is 0 Å². The number of rotatable bonds is 7. The lowest BCUT2D eigenvalue weighted by atomic mass is 9.87.